The second-order valence-corrected chi connectivity index (χ2v) is 6.23. The van der Waals surface area contributed by atoms with Crippen LogP contribution in [0.2, 0.25) is 0 Å². The zero-order valence-electron chi connectivity index (χ0n) is 13.7. The van der Waals surface area contributed by atoms with E-state index in [1.54, 1.807) is 12.1 Å². The quantitative estimate of drug-likeness (QED) is 0.678. The van der Waals surface area contributed by atoms with Gasteiger partial charge in [0.15, 0.2) is 0 Å². The lowest BCUT2D eigenvalue weighted by molar-refractivity contribution is -0.121. The molecule has 0 radical (unpaired) electrons. The third-order valence-corrected chi connectivity index (χ3v) is 4.96. The maximum absolute atomic E-state index is 13.0. The van der Waals surface area contributed by atoms with Gasteiger partial charge in [-0.3, -0.25) is 14.5 Å². The number of carbonyl (C=O) groups excluding carboxylic acids is 2. The third-order valence-electron chi connectivity index (χ3n) is 4.96. The van der Waals surface area contributed by atoms with Crippen LogP contribution in [0.4, 0.5) is 5.69 Å². The van der Waals surface area contributed by atoms with E-state index in [9.17, 15) is 9.59 Å². The minimum Gasteiger partial charge on any atom is -0.348 e. The molecular weight excluding hydrogens is 300 g/mol. The van der Waals surface area contributed by atoms with Crippen LogP contribution in [0.5, 0.6) is 0 Å². The summed E-state index contributed by atoms with van der Waals surface area (Å²) >= 11 is 0. The van der Waals surface area contributed by atoms with Crippen molar-refractivity contribution >= 4 is 28.4 Å². The van der Waals surface area contributed by atoms with Crippen LogP contribution < -0.4 is 4.90 Å². The molecule has 120 valence electrons. The van der Waals surface area contributed by atoms with E-state index in [4.69, 9.17) is 0 Å². The Labute approximate surface area is 140 Å². The van der Waals surface area contributed by atoms with E-state index >= 15 is 0 Å². The van der Waals surface area contributed by atoms with E-state index in [-0.39, 0.29) is 18.2 Å². The predicted octanol–water partition coefficient (Wildman–Crippen LogP) is 3.53. The average Bonchev–Trinajstić information content (AvgIpc) is 3.03. The van der Waals surface area contributed by atoms with E-state index < -0.39 is 5.92 Å². The molecule has 2 amide bonds. The van der Waals surface area contributed by atoms with Crippen LogP contribution >= 0.6 is 0 Å². The number of anilines is 1. The number of benzene rings is 2. The van der Waals surface area contributed by atoms with Gasteiger partial charge in [0.25, 0.3) is 0 Å². The lowest BCUT2D eigenvalue weighted by Gasteiger charge is -2.15. The highest BCUT2D eigenvalue weighted by Gasteiger charge is 2.42. The van der Waals surface area contributed by atoms with E-state index in [0.717, 1.165) is 22.2 Å². The molecular formula is C20H18N2O2. The Hall–Kier alpha value is -2.88. The van der Waals surface area contributed by atoms with Gasteiger partial charge in [-0.05, 0) is 30.7 Å². The summed E-state index contributed by atoms with van der Waals surface area (Å²) in [6.45, 7) is 2.01. The van der Waals surface area contributed by atoms with Crippen molar-refractivity contribution in [3.05, 3.63) is 65.9 Å². The molecule has 1 fully saturated rings. The molecule has 4 heteroatoms. The van der Waals surface area contributed by atoms with Crippen LogP contribution in [0.15, 0.2) is 54.6 Å². The standard InChI is InChI=1S/C20H18N2O2/c1-13-19(15-10-6-7-11-17(15)21(13)2)16-12-18(23)22(20(16)24)14-8-4-3-5-9-14/h3-11,16H,12H2,1-2H3/t16-/m0/s1. The van der Waals surface area contributed by atoms with Crippen LogP contribution in [-0.2, 0) is 16.6 Å². The average molecular weight is 318 g/mol. The molecule has 2 aromatic carbocycles. The lowest BCUT2D eigenvalue weighted by Crippen LogP contribution is -2.30. The zero-order valence-corrected chi connectivity index (χ0v) is 13.7. The molecule has 0 saturated carbocycles. The molecule has 0 spiro atoms. The summed E-state index contributed by atoms with van der Waals surface area (Å²) in [6, 6.07) is 17.2. The van der Waals surface area contributed by atoms with Gasteiger partial charge in [-0.1, -0.05) is 36.4 Å². The van der Waals surface area contributed by atoms with Gasteiger partial charge in [0.2, 0.25) is 11.8 Å². The normalized spacial score (nSPS) is 17.9. The molecule has 1 atom stereocenters. The summed E-state index contributed by atoms with van der Waals surface area (Å²) in [4.78, 5) is 26.9. The number of carbonyl (C=O) groups is 2. The molecule has 3 aromatic rings. The largest absolute Gasteiger partial charge is 0.348 e. The number of aromatic nitrogens is 1. The van der Waals surface area contributed by atoms with Gasteiger partial charge in [-0.15, -0.1) is 0 Å². The molecule has 0 N–H and O–H groups in total. The van der Waals surface area contributed by atoms with Gasteiger partial charge in [0, 0.05) is 30.1 Å². The predicted molar refractivity (Wildman–Crippen MR) is 93.9 cm³/mol. The molecule has 1 saturated heterocycles. The summed E-state index contributed by atoms with van der Waals surface area (Å²) in [5, 5.41) is 1.05. The molecule has 0 aliphatic carbocycles. The van der Waals surface area contributed by atoms with Crippen molar-refractivity contribution in [2.24, 2.45) is 7.05 Å². The van der Waals surface area contributed by atoms with Crippen LogP contribution in [-0.4, -0.2) is 16.4 Å². The topological polar surface area (TPSA) is 42.3 Å². The van der Waals surface area contributed by atoms with E-state index in [1.165, 1.54) is 4.90 Å². The van der Waals surface area contributed by atoms with Crippen LogP contribution in [0, 0.1) is 6.92 Å². The van der Waals surface area contributed by atoms with E-state index in [0.29, 0.717) is 5.69 Å². The Morgan fingerprint density at radius 2 is 1.62 bits per heavy atom. The molecule has 1 aliphatic heterocycles. The lowest BCUT2D eigenvalue weighted by atomic mass is 9.94. The van der Waals surface area contributed by atoms with E-state index in [2.05, 4.69) is 4.57 Å². The summed E-state index contributed by atoms with van der Waals surface area (Å²) in [6.07, 6.45) is 0.225. The SMILES string of the molecule is Cc1c([C@@H]2CC(=O)N(c3ccccc3)C2=O)c2ccccc2n1C. The Morgan fingerprint density at radius 1 is 0.958 bits per heavy atom. The summed E-state index contributed by atoms with van der Waals surface area (Å²) < 4.78 is 2.09. The Balaban J connectivity index is 1.84. The number of imide groups is 1. The zero-order chi connectivity index (χ0) is 16.8. The third kappa shape index (κ3) is 1.99. The number of amides is 2. The molecule has 4 rings (SSSR count). The van der Waals surface area contributed by atoms with E-state index in [1.807, 2.05) is 56.4 Å². The molecule has 4 nitrogen and oxygen atoms in total. The Morgan fingerprint density at radius 3 is 2.38 bits per heavy atom. The number of hydrogen-bond donors (Lipinski definition) is 0. The van der Waals surface area contributed by atoms with Crippen molar-refractivity contribution in [3.63, 3.8) is 0 Å². The first kappa shape index (κ1) is 14.7. The van der Waals surface area contributed by atoms with Crippen LogP contribution in [0.1, 0.15) is 23.6 Å². The highest BCUT2D eigenvalue weighted by molar-refractivity contribution is 6.23. The number of para-hydroxylation sites is 2. The van der Waals surface area contributed by atoms with Crippen LogP contribution in [0.25, 0.3) is 10.9 Å². The summed E-state index contributed by atoms with van der Waals surface area (Å²) in [7, 11) is 2.00. The maximum Gasteiger partial charge on any atom is 0.241 e. The van der Waals surface area contributed by atoms with Crippen molar-refractivity contribution in [1.29, 1.82) is 0 Å². The van der Waals surface area contributed by atoms with Crippen LogP contribution in [0.3, 0.4) is 0 Å². The monoisotopic (exact) mass is 318 g/mol. The second kappa shape index (κ2) is 5.34. The molecule has 24 heavy (non-hydrogen) atoms. The smallest absolute Gasteiger partial charge is 0.241 e. The molecule has 1 aromatic heterocycles. The number of fused-ring (bicyclic) bond motifs is 1. The minimum absolute atomic E-state index is 0.134. The first-order valence-corrected chi connectivity index (χ1v) is 8.05. The Kier molecular flexibility index (Phi) is 3.27. The second-order valence-electron chi connectivity index (χ2n) is 6.23. The first-order valence-electron chi connectivity index (χ1n) is 8.05. The van der Waals surface area contributed by atoms with Gasteiger partial charge in [0.05, 0.1) is 11.6 Å². The summed E-state index contributed by atoms with van der Waals surface area (Å²) in [5.74, 6) is -0.682. The van der Waals surface area contributed by atoms with Gasteiger partial charge < -0.3 is 4.57 Å². The summed E-state index contributed by atoms with van der Waals surface area (Å²) in [5.41, 5.74) is 3.75. The fourth-order valence-electron chi connectivity index (χ4n) is 3.70. The van der Waals surface area contributed by atoms with Crippen molar-refractivity contribution in [3.8, 4) is 0 Å². The molecule has 1 aliphatic rings. The van der Waals surface area contributed by atoms with Gasteiger partial charge in [0.1, 0.15) is 0 Å². The first-order chi connectivity index (χ1) is 11.6. The molecule has 0 bridgehead atoms. The fourth-order valence-corrected chi connectivity index (χ4v) is 3.70. The number of hydrogen-bond acceptors (Lipinski definition) is 2. The maximum atomic E-state index is 13.0. The van der Waals surface area contributed by atoms with Crippen molar-refractivity contribution in [2.75, 3.05) is 4.90 Å². The fraction of sp³-hybridized carbons (Fsp3) is 0.200. The van der Waals surface area contributed by atoms with Crippen molar-refractivity contribution < 1.29 is 9.59 Å². The van der Waals surface area contributed by atoms with Crippen molar-refractivity contribution in [2.45, 2.75) is 19.3 Å². The number of nitrogens with zero attached hydrogens (tertiary/aromatic N) is 2. The highest BCUT2D eigenvalue weighted by atomic mass is 16.2. The number of rotatable bonds is 2. The molecule has 0 unspecified atom stereocenters. The van der Waals surface area contributed by atoms with Gasteiger partial charge >= 0.3 is 0 Å². The van der Waals surface area contributed by atoms with Gasteiger partial charge in [-0.2, -0.15) is 0 Å². The minimum atomic E-state index is -0.413. The highest BCUT2D eigenvalue weighted by Crippen LogP contribution is 2.39. The van der Waals surface area contributed by atoms with Gasteiger partial charge in [-0.25, -0.2) is 0 Å². The Bertz CT molecular complexity index is 956. The number of aryl methyl sites for hydroxylation is 1. The molecule has 2 heterocycles. The van der Waals surface area contributed by atoms with Crippen molar-refractivity contribution in [1.82, 2.24) is 4.57 Å².